The molecule has 154 valence electrons. The van der Waals surface area contributed by atoms with Crippen molar-refractivity contribution in [2.45, 2.75) is 87.7 Å². The van der Waals surface area contributed by atoms with E-state index in [1.807, 2.05) is 0 Å². The highest BCUT2D eigenvalue weighted by Gasteiger charge is 2.46. The van der Waals surface area contributed by atoms with Gasteiger partial charge < -0.3 is 15.6 Å². The Balaban J connectivity index is 0.00000261. The maximum atomic E-state index is 13.0. The Morgan fingerprint density at radius 2 is 1.78 bits per heavy atom. The minimum atomic E-state index is -3.90. The highest BCUT2D eigenvalue weighted by molar-refractivity contribution is 7.89. The zero-order chi connectivity index (χ0) is 18.9. The Morgan fingerprint density at radius 3 is 2.30 bits per heavy atom. The number of halogens is 1. The first-order valence-corrected chi connectivity index (χ1v) is 10.8. The lowest BCUT2D eigenvalue weighted by molar-refractivity contribution is -0.127. The molecule has 1 heterocycles. The van der Waals surface area contributed by atoms with Crippen LogP contribution in [0.3, 0.4) is 0 Å². The van der Waals surface area contributed by atoms with Crippen molar-refractivity contribution in [1.82, 2.24) is 15.2 Å². The minimum absolute atomic E-state index is 0. The number of sulfonamides is 1. The molecule has 2 fully saturated rings. The number of aromatic nitrogens is 1. The number of nitrogens with one attached hydrogen (secondary N) is 2. The number of aryl methyl sites for hydroxylation is 2. The fraction of sp³-hybridized carbons (Fsp3) is 0.765. The van der Waals surface area contributed by atoms with Crippen LogP contribution in [-0.2, 0) is 14.8 Å². The fourth-order valence-corrected chi connectivity index (χ4v) is 5.86. The molecule has 1 amide bonds. The molecule has 27 heavy (non-hydrogen) atoms. The SMILES string of the molecule is Cc1noc(C)c1S(=O)(=O)NC1(C(=O)NC2CCC(N)CC2)CCCC1.Cl. The van der Waals surface area contributed by atoms with Gasteiger partial charge in [-0.1, -0.05) is 18.0 Å². The lowest BCUT2D eigenvalue weighted by atomic mass is 9.90. The van der Waals surface area contributed by atoms with E-state index < -0.39 is 15.6 Å². The summed E-state index contributed by atoms with van der Waals surface area (Å²) < 4.78 is 33.5. The van der Waals surface area contributed by atoms with Gasteiger partial charge in [0.2, 0.25) is 15.9 Å². The average Bonchev–Trinajstić information content (AvgIpc) is 3.17. The fourth-order valence-electron chi connectivity index (χ4n) is 4.11. The van der Waals surface area contributed by atoms with Crippen molar-refractivity contribution in [3.8, 4) is 0 Å². The molecule has 1 aromatic rings. The van der Waals surface area contributed by atoms with Crippen LogP contribution in [0.5, 0.6) is 0 Å². The van der Waals surface area contributed by atoms with Gasteiger partial charge in [0, 0.05) is 12.1 Å². The van der Waals surface area contributed by atoms with Gasteiger partial charge in [0.05, 0.1) is 0 Å². The Morgan fingerprint density at radius 1 is 1.19 bits per heavy atom. The summed E-state index contributed by atoms with van der Waals surface area (Å²) in [5, 5.41) is 6.78. The molecule has 10 heteroatoms. The van der Waals surface area contributed by atoms with Crippen LogP contribution < -0.4 is 15.8 Å². The second kappa shape index (κ2) is 8.46. The lowest BCUT2D eigenvalue weighted by Gasteiger charge is -2.33. The van der Waals surface area contributed by atoms with Crippen LogP contribution in [0.15, 0.2) is 9.42 Å². The second-order valence-electron chi connectivity index (χ2n) is 7.63. The lowest BCUT2D eigenvalue weighted by Crippen LogP contribution is -2.59. The monoisotopic (exact) mass is 420 g/mol. The van der Waals surface area contributed by atoms with Crippen LogP contribution in [0, 0.1) is 13.8 Å². The largest absolute Gasteiger partial charge is 0.360 e. The van der Waals surface area contributed by atoms with E-state index in [0.717, 1.165) is 38.5 Å². The standard InChI is InChI=1S/C17H28N4O4S.ClH/c1-11-15(12(2)25-20-11)26(23,24)21-17(9-3-4-10-17)16(22)19-14-7-5-13(18)6-8-14;/h13-14,21H,3-10,18H2,1-2H3,(H,19,22);1H. The Kier molecular flexibility index (Phi) is 6.94. The topological polar surface area (TPSA) is 127 Å². The first-order valence-electron chi connectivity index (χ1n) is 9.27. The van der Waals surface area contributed by atoms with Crippen LogP contribution in [0.25, 0.3) is 0 Å². The molecule has 0 aliphatic heterocycles. The molecule has 8 nitrogen and oxygen atoms in total. The van der Waals surface area contributed by atoms with E-state index >= 15 is 0 Å². The third-order valence-electron chi connectivity index (χ3n) is 5.57. The number of carbonyl (C=O) groups excluding carboxylic acids is 1. The number of rotatable bonds is 5. The summed E-state index contributed by atoms with van der Waals surface area (Å²) >= 11 is 0. The molecule has 0 bridgehead atoms. The summed E-state index contributed by atoms with van der Waals surface area (Å²) in [7, 11) is -3.90. The van der Waals surface area contributed by atoms with Gasteiger partial charge in [-0.3, -0.25) is 4.79 Å². The van der Waals surface area contributed by atoms with E-state index in [1.165, 1.54) is 0 Å². The normalized spacial score (nSPS) is 25.0. The van der Waals surface area contributed by atoms with Gasteiger partial charge in [-0.05, 0) is 52.4 Å². The predicted molar refractivity (Wildman–Crippen MR) is 103 cm³/mol. The molecule has 0 atom stereocenters. The number of amides is 1. The molecule has 2 saturated carbocycles. The minimum Gasteiger partial charge on any atom is -0.360 e. The summed E-state index contributed by atoms with van der Waals surface area (Å²) in [6.07, 6.45) is 6.03. The zero-order valence-corrected chi connectivity index (χ0v) is 17.4. The molecule has 0 saturated heterocycles. The number of nitrogens with zero attached hydrogens (tertiary/aromatic N) is 1. The zero-order valence-electron chi connectivity index (χ0n) is 15.8. The third kappa shape index (κ3) is 4.64. The van der Waals surface area contributed by atoms with Crippen molar-refractivity contribution in [3.05, 3.63) is 11.5 Å². The summed E-state index contributed by atoms with van der Waals surface area (Å²) in [6.45, 7) is 3.14. The summed E-state index contributed by atoms with van der Waals surface area (Å²) in [4.78, 5) is 13.1. The number of nitrogens with two attached hydrogens (primary N) is 1. The van der Waals surface area contributed by atoms with Crippen LogP contribution in [0.1, 0.15) is 62.8 Å². The Bertz CT molecular complexity index is 746. The van der Waals surface area contributed by atoms with Crippen molar-refractivity contribution in [3.63, 3.8) is 0 Å². The number of hydrogen-bond donors (Lipinski definition) is 3. The molecule has 2 aliphatic carbocycles. The quantitative estimate of drug-likeness (QED) is 0.665. The molecule has 0 spiro atoms. The van der Waals surface area contributed by atoms with Crippen molar-refractivity contribution >= 4 is 28.3 Å². The van der Waals surface area contributed by atoms with Crippen LogP contribution in [0.2, 0.25) is 0 Å². The van der Waals surface area contributed by atoms with Crippen molar-refractivity contribution in [2.75, 3.05) is 0 Å². The van der Waals surface area contributed by atoms with Gasteiger partial charge >= 0.3 is 0 Å². The molecular weight excluding hydrogens is 392 g/mol. The molecule has 3 rings (SSSR count). The average molecular weight is 421 g/mol. The molecular formula is C17H29ClN4O4S. The van der Waals surface area contributed by atoms with E-state index in [-0.39, 0.29) is 41.1 Å². The van der Waals surface area contributed by atoms with E-state index in [0.29, 0.717) is 18.5 Å². The van der Waals surface area contributed by atoms with Gasteiger partial charge in [0.1, 0.15) is 16.1 Å². The summed E-state index contributed by atoms with van der Waals surface area (Å²) in [6, 6.07) is 0.255. The molecule has 0 unspecified atom stereocenters. The van der Waals surface area contributed by atoms with E-state index in [1.54, 1.807) is 13.8 Å². The van der Waals surface area contributed by atoms with Crippen molar-refractivity contribution in [1.29, 1.82) is 0 Å². The Hall–Kier alpha value is -1.16. The van der Waals surface area contributed by atoms with Crippen LogP contribution in [0.4, 0.5) is 0 Å². The molecule has 0 aromatic carbocycles. The maximum absolute atomic E-state index is 13.0. The highest BCUT2D eigenvalue weighted by atomic mass is 35.5. The van der Waals surface area contributed by atoms with E-state index in [9.17, 15) is 13.2 Å². The van der Waals surface area contributed by atoms with E-state index in [2.05, 4.69) is 15.2 Å². The number of hydrogen-bond acceptors (Lipinski definition) is 6. The van der Waals surface area contributed by atoms with Crippen molar-refractivity contribution < 1.29 is 17.7 Å². The van der Waals surface area contributed by atoms with Gasteiger partial charge in [-0.15, -0.1) is 12.4 Å². The second-order valence-corrected chi connectivity index (χ2v) is 9.25. The van der Waals surface area contributed by atoms with Gasteiger partial charge in [0.25, 0.3) is 0 Å². The van der Waals surface area contributed by atoms with E-state index in [4.69, 9.17) is 10.3 Å². The molecule has 0 radical (unpaired) electrons. The van der Waals surface area contributed by atoms with Gasteiger partial charge in [-0.2, -0.15) is 4.72 Å². The van der Waals surface area contributed by atoms with Gasteiger partial charge in [0.15, 0.2) is 5.76 Å². The first kappa shape index (κ1) is 22.1. The smallest absolute Gasteiger partial charge is 0.246 e. The molecule has 1 aromatic heterocycles. The van der Waals surface area contributed by atoms with Crippen molar-refractivity contribution in [2.24, 2.45) is 5.73 Å². The van der Waals surface area contributed by atoms with Crippen LogP contribution in [-0.4, -0.2) is 37.1 Å². The molecule has 4 N–H and O–H groups in total. The van der Waals surface area contributed by atoms with Gasteiger partial charge in [-0.25, -0.2) is 8.42 Å². The Labute approximate surface area is 166 Å². The first-order chi connectivity index (χ1) is 12.2. The summed E-state index contributed by atoms with van der Waals surface area (Å²) in [5.41, 5.74) is 5.12. The summed E-state index contributed by atoms with van der Waals surface area (Å²) in [5.74, 6) is -0.00405. The maximum Gasteiger partial charge on any atom is 0.246 e. The van der Waals surface area contributed by atoms with Crippen LogP contribution >= 0.6 is 12.4 Å². The predicted octanol–water partition coefficient (Wildman–Crippen LogP) is 1.69. The highest BCUT2D eigenvalue weighted by Crippen LogP contribution is 2.33. The molecule has 2 aliphatic rings. The third-order valence-corrected chi connectivity index (χ3v) is 7.34. The number of carbonyl (C=O) groups is 1.